The van der Waals surface area contributed by atoms with E-state index in [4.69, 9.17) is 11.0 Å². The van der Waals surface area contributed by atoms with E-state index in [1.807, 2.05) is 6.07 Å². The van der Waals surface area contributed by atoms with Gasteiger partial charge in [-0.2, -0.15) is 5.26 Å². The van der Waals surface area contributed by atoms with Crippen LogP contribution in [0, 0.1) is 17.1 Å². The third-order valence-corrected chi connectivity index (χ3v) is 2.31. The van der Waals surface area contributed by atoms with Gasteiger partial charge in [0.05, 0.1) is 18.1 Å². The summed E-state index contributed by atoms with van der Waals surface area (Å²) < 4.78 is 13.6. The fraction of sp³-hybridized carbons (Fsp3) is 0.364. The summed E-state index contributed by atoms with van der Waals surface area (Å²) in [6, 6.07) is 3.22. The first-order chi connectivity index (χ1) is 8.11. The number of nitrogens with two attached hydrogens (primary N) is 1. The number of hydrogen-bond donors (Lipinski definition) is 1. The van der Waals surface area contributed by atoms with Gasteiger partial charge in [0.15, 0.2) is 11.6 Å². The van der Waals surface area contributed by atoms with Crippen molar-refractivity contribution in [1.29, 1.82) is 5.26 Å². The Morgan fingerprint density at radius 1 is 1.71 bits per heavy atom. The van der Waals surface area contributed by atoms with Crippen molar-refractivity contribution in [2.24, 2.45) is 0 Å². The van der Waals surface area contributed by atoms with Crippen LogP contribution in [0.15, 0.2) is 12.3 Å². The van der Waals surface area contributed by atoms with E-state index < -0.39 is 11.7 Å². The lowest BCUT2D eigenvalue weighted by molar-refractivity contribution is 0.0763. The summed E-state index contributed by atoms with van der Waals surface area (Å²) in [4.78, 5) is 16.9. The Morgan fingerprint density at radius 3 is 3.00 bits per heavy atom. The lowest BCUT2D eigenvalue weighted by Gasteiger charge is -2.19. The van der Waals surface area contributed by atoms with E-state index in [-0.39, 0.29) is 24.3 Å². The minimum absolute atomic E-state index is 0.114. The van der Waals surface area contributed by atoms with Gasteiger partial charge in [0.25, 0.3) is 5.91 Å². The summed E-state index contributed by atoms with van der Waals surface area (Å²) >= 11 is 0. The van der Waals surface area contributed by atoms with Crippen LogP contribution in [0.5, 0.6) is 0 Å². The fourth-order valence-electron chi connectivity index (χ4n) is 1.38. The molecule has 0 saturated carbocycles. The molecule has 1 heterocycles. The van der Waals surface area contributed by atoms with Gasteiger partial charge in [0, 0.05) is 19.3 Å². The van der Waals surface area contributed by atoms with E-state index in [1.165, 1.54) is 17.2 Å². The molecule has 1 rings (SSSR count). The number of anilines is 1. The zero-order chi connectivity index (χ0) is 12.8. The molecule has 1 amide bonds. The number of aromatic nitrogens is 1. The Labute approximate surface area is 98.7 Å². The van der Waals surface area contributed by atoms with E-state index in [1.54, 1.807) is 6.92 Å². The van der Waals surface area contributed by atoms with Gasteiger partial charge >= 0.3 is 0 Å². The average Bonchev–Trinajstić information content (AvgIpc) is 2.33. The molecule has 0 unspecified atom stereocenters. The van der Waals surface area contributed by atoms with Crippen LogP contribution in [0.4, 0.5) is 10.2 Å². The largest absolute Gasteiger partial charge is 0.381 e. The Hall–Kier alpha value is -2.16. The van der Waals surface area contributed by atoms with Crippen LogP contribution in [-0.4, -0.2) is 28.9 Å². The van der Waals surface area contributed by atoms with Crippen LogP contribution in [0.2, 0.25) is 0 Å². The second kappa shape index (κ2) is 5.80. The van der Waals surface area contributed by atoms with Crippen LogP contribution in [0.1, 0.15) is 23.7 Å². The van der Waals surface area contributed by atoms with Gasteiger partial charge in [-0.25, -0.2) is 9.37 Å². The minimum atomic E-state index is -0.812. The monoisotopic (exact) mass is 236 g/mol. The molecule has 1 aromatic rings. The van der Waals surface area contributed by atoms with Crippen molar-refractivity contribution in [3.05, 3.63) is 23.6 Å². The molecule has 5 nitrogen and oxygen atoms in total. The second-order valence-corrected chi connectivity index (χ2v) is 3.35. The first-order valence-electron chi connectivity index (χ1n) is 5.18. The van der Waals surface area contributed by atoms with E-state index >= 15 is 0 Å². The molecule has 0 spiro atoms. The van der Waals surface area contributed by atoms with Gasteiger partial charge in [-0.3, -0.25) is 4.79 Å². The maximum atomic E-state index is 13.6. The SMILES string of the molecule is CCN(CCC#N)C(=O)c1ccnc(N)c1F. The highest BCUT2D eigenvalue weighted by atomic mass is 19.1. The van der Waals surface area contributed by atoms with Gasteiger partial charge in [-0.15, -0.1) is 0 Å². The molecular weight excluding hydrogens is 223 g/mol. The molecule has 0 radical (unpaired) electrons. The lowest BCUT2D eigenvalue weighted by atomic mass is 10.2. The average molecular weight is 236 g/mol. The van der Waals surface area contributed by atoms with E-state index in [2.05, 4.69) is 4.98 Å². The molecule has 90 valence electrons. The standard InChI is InChI=1S/C11H13FN4O/c1-2-16(7-3-5-13)11(17)8-4-6-15-10(14)9(8)12/h4,6H,2-3,7H2,1H3,(H2,14,15). The Kier molecular flexibility index (Phi) is 4.40. The molecule has 2 N–H and O–H groups in total. The maximum Gasteiger partial charge on any atom is 0.257 e. The molecule has 0 aliphatic carbocycles. The topological polar surface area (TPSA) is 83.0 Å². The Morgan fingerprint density at radius 2 is 2.41 bits per heavy atom. The van der Waals surface area contributed by atoms with Gasteiger partial charge in [-0.1, -0.05) is 0 Å². The summed E-state index contributed by atoms with van der Waals surface area (Å²) in [7, 11) is 0. The number of pyridine rings is 1. The summed E-state index contributed by atoms with van der Waals surface area (Å²) in [5.41, 5.74) is 5.18. The number of rotatable bonds is 4. The molecular formula is C11H13FN4O. The predicted octanol–water partition coefficient (Wildman–Crippen LogP) is 1.18. The van der Waals surface area contributed by atoms with E-state index in [0.29, 0.717) is 6.54 Å². The molecule has 0 atom stereocenters. The number of nitriles is 1. The fourth-order valence-corrected chi connectivity index (χ4v) is 1.38. The van der Waals surface area contributed by atoms with E-state index in [9.17, 15) is 9.18 Å². The van der Waals surface area contributed by atoms with Crippen LogP contribution < -0.4 is 5.73 Å². The summed E-state index contributed by atoms with van der Waals surface area (Å²) in [5, 5.41) is 8.47. The van der Waals surface area contributed by atoms with Crippen molar-refractivity contribution in [1.82, 2.24) is 9.88 Å². The van der Waals surface area contributed by atoms with E-state index in [0.717, 1.165) is 0 Å². The summed E-state index contributed by atoms with van der Waals surface area (Å²) in [5.74, 6) is -1.59. The zero-order valence-electron chi connectivity index (χ0n) is 9.48. The number of nitrogens with zero attached hydrogens (tertiary/aromatic N) is 3. The van der Waals surface area contributed by atoms with Crippen LogP contribution in [0.25, 0.3) is 0 Å². The van der Waals surface area contributed by atoms with Crippen molar-refractivity contribution in [3.63, 3.8) is 0 Å². The van der Waals surface area contributed by atoms with Gasteiger partial charge in [0.2, 0.25) is 0 Å². The Bertz CT molecular complexity index is 455. The highest BCUT2D eigenvalue weighted by molar-refractivity contribution is 5.95. The van der Waals surface area contributed by atoms with Gasteiger partial charge < -0.3 is 10.6 Å². The first kappa shape index (κ1) is 12.9. The molecule has 0 fully saturated rings. The maximum absolute atomic E-state index is 13.6. The van der Waals surface area contributed by atoms with Crippen molar-refractivity contribution < 1.29 is 9.18 Å². The molecule has 0 aliphatic rings. The number of hydrogen-bond acceptors (Lipinski definition) is 4. The second-order valence-electron chi connectivity index (χ2n) is 3.35. The quantitative estimate of drug-likeness (QED) is 0.850. The molecule has 0 bridgehead atoms. The first-order valence-corrected chi connectivity index (χ1v) is 5.18. The van der Waals surface area contributed by atoms with Gasteiger partial charge in [0.1, 0.15) is 0 Å². The smallest absolute Gasteiger partial charge is 0.257 e. The highest BCUT2D eigenvalue weighted by Crippen LogP contribution is 2.14. The van der Waals surface area contributed by atoms with Crippen molar-refractivity contribution in [2.45, 2.75) is 13.3 Å². The highest BCUT2D eigenvalue weighted by Gasteiger charge is 2.19. The molecule has 1 aromatic heterocycles. The Balaban J connectivity index is 2.94. The van der Waals surface area contributed by atoms with Crippen molar-refractivity contribution in [3.8, 4) is 6.07 Å². The third kappa shape index (κ3) is 2.91. The predicted molar refractivity (Wildman–Crippen MR) is 60.4 cm³/mol. The van der Waals surface area contributed by atoms with Crippen LogP contribution >= 0.6 is 0 Å². The normalized spacial score (nSPS) is 9.71. The number of carbonyl (C=O) groups is 1. The zero-order valence-corrected chi connectivity index (χ0v) is 9.48. The lowest BCUT2D eigenvalue weighted by Crippen LogP contribution is -2.32. The van der Waals surface area contributed by atoms with Gasteiger partial charge in [-0.05, 0) is 13.0 Å². The summed E-state index contributed by atoms with van der Waals surface area (Å²) in [6.07, 6.45) is 1.49. The summed E-state index contributed by atoms with van der Waals surface area (Å²) in [6.45, 7) is 2.44. The van der Waals surface area contributed by atoms with Crippen LogP contribution in [0.3, 0.4) is 0 Å². The van der Waals surface area contributed by atoms with Crippen molar-refractivity contribution >= 4 is 11.7 Å². The molecule has 0 saturated heterocycles. The molecule has 0 aliphatic heterocycles. The van der Waals surface area contributed by atoms with Crippen molar-refractivity contribution in [2.75, 3.05) is 18.8 Å². The van der Waals surface area contributed by atoms with Crippen LogP contribution in [-0.2, 0) is 0 Å². The number of nitrogen functional groups attached to an aromatic ring is 1. The number of carbonyl (C=O) groups excluding carboxylic acids is 1. The number of amides is 1. The molecule has 17 heavy (non-hydrogen) atoms. The molecule has 0 aromatic carbocycles. The molecule has 6 heteroatoms. The third-order valence-electron chi connectivity index (χ3n) is 2.31. The number of halogens is 1. The minimum Gasteiger partial charge on any atom is -0.381 e.